The molecule has 0 aliphatic carbocycles. The van der Waals surface area contributed by atoms with Gasteiger partial charge in [0.2, 0.25) is 0 Å². The number of alkyl halides is 3. The first-order valence-electron chi connectivity index (χ1n) is 6.07. The van der Waals surface area contributed by atoms with Crippen LogP contribution in [0.3, 0.4) is 0 Å². The number of nitrogens with one attached hydrogen (secondary N) is 2. The summed E-state index contributed by atoms with van der Waals surface area (Å²) >= 11 is 0. The fourth-order valence-electron chi connectivity index (χ4n) is 1.63. The minimum atomic E-state index is -4.40. The van der Waals surface area contributed by atoms with E-state index >= 15 is 0 Å². The van der Waals surface area contributed by atoms with Gasteiger partial charge in [0.15, 0.2) is 0 Å². The second kappa shape index (κ2) is 7.14. The monoisotopic (exact) mass is 289 g/mol. The zero-order valence-corrected chi connectivity index (χ0v) is 11.4. The fraction of sp³-hybridized carbons (Fsp3) is 0.462. The summed E-state index contributed by atoms with van der Waals surface area (Å²) < 4.78 is 35.7. The van der Waals surface area contributed by atoms with Gasteiger partial charge in [0.1, 0.15) is 6.54 Å². The molecule has 0 aliphatic rings. The van der Waals surface area contributed by atoms with Gasteiger partial charge in [0, 0.05) is 13.1 Å². The number of carbonyl (C=O) groups is 1. The molecule has 0 saturated heterocycles. The molecule has 0 spiro atoms. The van der Waals surface area contributed by atoms with Crippen molar-refractivity contribution in [3.8, 4) is 0 Å². The third-order valence-corrected chi connectivity index (χ3v) is 2.39. The van der Waals surface area contributed by atoms with Crippen LogP contribution in [0.25, 0.3) is 0 Å². The topological polar surface area (TPSA) is 44.4 Å². The number of hydrogen-bond donors (Lipinski definition) is 2. The molecular formula is C13H18F3N3O. The number of halogens is 3. The predicted molar refractivity (Wildman–Crippen MR) is 70.1 cm³/mol. The lowest BCUT2D eigenvalue weighted by atomic mass is 10.1. The summed E-state index contributed by atoms with van der Waals surface area (Å²) in [4.78, 5) is 13.2. The molecule has 0 unspecified atom stereocenters. The van der Waals surface area contributed by atoms with Crippen LogP contribution in [-0.4, -0.2) is 37.7 Å². The van der Waals surface area contributed by atoms with Gasteiger partial charge in [-0.15, -0.1) is 0 Å². The van der Waals surface area contributed by atoms with Crippen LogP contribution >= 0.6 is 0 Å². The van der Waals surface area contributed by atoms with Crippen LogP contribution in [0.15, 0.2) is 24.3 Å². The average Bonchev–Trinajstić information content (AvgIpc) is 2.32. The van der Waals surface area contributed by atoms with E-state index < -0.39 is 18.8 Å². The van der Waals surface area contributed by atoms with E-state index in [1.54, 1.807) is 5.32 Å². The molecule has 1 aromatic rings. The van der Waals surface area contributed by atoms with Crippen molar-refractivity contribution in [1.82, 2.24) is 15.5 Å². The standard InChI is InChI=1S/C13H18F3N3O/c1-19(2)8-11-5-3-4-10(6-11)7-17-12(20)18-9-13(14,15)16/h3-6H,7-9H2,1-2H3,(H2,17,18,20). The van der Waals surface area contributed by atoms with Gasteiger partial charge in [-0.05, 0) is 25.2 Å². The molecule has 0 heterocycles. The van der Waals surface area contributed by atoms with E-state index in [1.165, 1.54) is 0 Å². The zero-order chi connectivity index (χ0) is 15.2. The van der Waals surface area contributed by atoms with Crippen molar-refractivity contribution in [3.05, 3.63) is 35.4 Å². The number of nitrogens with zero attached hydrogens (tertiary/aromatic N) is 1. The summed E-state index contributed by atoms with van der Waals surface area (Å²) in [5.74, 6) is 0. The Hall–Kier alpha value is -1.76. The number of urea groups is 1. The lowest BCUT2D eigenvalue weighted by Gasteiger charge is -2.12. The highest BCUT2D eigenvalue weighted by Gasteiger charge is 2.27. The smallest absolute Gasteiger partial charge is 0.334 e. The van der Waals surface area contributed by atoms with Crippen molar-refractivity contribution >= 4 is 6.03 Å². The SMILES string of the molecule is CN(C)Cc1cccc(CNC(=O)NCC(F)(F)F)c1. The lowest BCUT2D eigenvalue weighted by Crippen LogP contribution is -2.40. The Bertz CT molecular complexity index is 447. The van der Waals surface area contributed by atoms with Crippen molar-refractivity contribution in [1.29, 1.82) is 0 Å². The van der Waals surface area contributed by atoms with E-state index in [1.807, 2.05) is 43.3 Å². The summed E-state index contributed by atoms with van der Waals surface area (Å²) in [5, 5.41) is 4.14. The van der Waals surface area contributed by atoms with Gasteiger partial charge in [0.25, 0.3) is 0 Å². The molecule has 2 N–H and O–H groups in total. The first-order valence-corrected chi connectivity index (χ1v) is 6.07. The molecule has 0 atom stereocenters. The van der Waals surface area contributed by atoms with Crippen LogP contribution in [0.4, 0.5) is 18.0 Å². The van der Waals surface area contributed by atoms with E-state index in [9.17, 15) is 18.0 Å². The minimum absolute atomic E-state index is 0.185. The van der Waals surface area contributed by atoms with Gasteiger partial charge in [-0.1, -0.05) is 24.3 Å². The Balaban J connectivity index is 2.43. The van der Waals surface area contributed by atoms with Gasteiger partial charge in [0.05, 0.1) is 0 Å². The highest BCUT2D eigenvalue weighted by molar-refractivity contribution is 5.73. The second-order valence-electron chi connectivity index (χ2n) is 4.71. The molecule has 0 bridgehead atoms. The van der Waals surface area contributed by atoms with E-state index in [-0.39, 0.29) is 6.54 Å². The highest BCUT2D eigenvalue weighted by Crippen LogP contribution is 2.12. The summed E-state index contributed by atoms with van der Waals surface area (Å²) in [5.41, 5.74) is 1.91. The largest absolute Gasteiger partial charge is 0.405 e. The van der Waals surface area contributed by atoms with Crippen LogP contribution < -0.4 is 10.6 Å². The molecule has 4 nitrogen and oxygen atoms in total. The molecule has 0 radical (unpaired) electrons. The molecular weight excluding hydrogens is 271 g/mol. The maximum Gasteiger partial charge on any atom is 0.405 e. The molecule has 0 aromatic heterocycles. The molecule has 2 amide bonds. The number of amides is 2. The van der Waals surface area contributed by atoms with Crippen LogP contribution in [0.2, 0.25) is 0 Å². The van der Waals surface area contributed by atoms with Crippen molar-refractivity contribution in [3.63, 3.8) is 0 Å². The third-order valence-electron chi connectivity index (χ3n) is 2.39. The molecule has 1 aromatic carbocycles. The van der Waals surface area contributed by atoms with Crippen molar-refractivity contribution < 1.29 is 18.0 Å². The quantitative estimate of drug-likeness (QED) is 0.872. The van der Waals surface area contributed by atoms with E-state index in [0.717, 1.165) is 17.7 Å². The van der Waals surface area contributed by atoms with Crippen molar-refractivity contribution in [2.24, 2.45) is 0 Å². The molecule has 0 saturated carbocycles. The van der Waals surface area contributed by atoms with E-state index in [2.05, 4.69) is 5.32 Å². The van der Waals surface area contributed by atoms with Gasteiger partial charge in [-0.2, -0.15) is 13.2 Å². The van der Waals surface area contributed by atoms with E-state index in [0.29, 0.717) is 0 Å². The lowest BCUT2D eigenvalue weighted by molar-refractivity contribution is -0.122. The maximum atomic E-state index is 11.9. The van der Waals surface area contributed by atoms with Gasteiger partial charge in [-0.25, -0.2) is 4.79 Å². The molecule has 20 heavy (non-hydrogen) atoms. The Morgan fingerprint density at radius 2 is 1.85 bits per heavy atom. The fourth-order valence-corrected chi connectivity index (χ4v) is 1.63. The molecule has 112 valence electrons. The van der Waals surface area contributed by atoms with Crippen LogP contribution in [0.1, 0.15) is 11.1 Å². The third kappa shape index (κ3) is 6.98. The predicted octanol–water partition coefficient (Wildman–Crippen LogP) is 2.11. The first kappa shape index (κ1) is 16.3. The summed E-state index contributed by atoms with van der Waals surface area (Å²) in [6.07, 6.45) is -4.40. The van der Waals surface area contributed by atoms with Crippen molar-refractivity contribution in [2.45, 2.75) is 19.3 Å². The number of hydrogen-bond acceptors (Lipinski definition) is 2. The highest BCUT2D eigenvalue weighted by atomic mass is 19.4. The van der Waals surface area contributed by atoms with Gasteiger partial charge in [-0.3, -0.25) is 0 Å². The number of benzene rings is 1. The Morgan fingerprint density at radius 1 is 1.20 bits per heavy atom. The van der Waals surface area contributed by atoms with Gasteiger partial charge < -0.3 is 15.5 Å². The zero-order valence-electron chi connectivity index (χ0n) is 11.4. The van der Waals surface area contributed by atoms with Crippen molar-refractivity contribution in [2.75, 3.05) is 20.6 Å². The molecule has 7 heteroatoms. The van der Waals surface area contributed by atoms with E-state index in [4.69, 9.17) is 0 Å². The summed E-state index contributed by atoms with van der Waals surface area (Å²) in [7, 11) is 3.88. The van der Waals surface area contributed by atoms with Crippen LogP contribution in [0.5, 0.6) is 0 Å². The van der Waals surface area contributed by atoms with Crippen LogP contribution in [0, 0.1) is 0 Å². The maximum absolute atomic E-state index is 11.9. The minimum Gasteiger partial charge on any atom is -0.334 e. The second-order valence-corrected chi connectivity index (χ2v) is 4.71. The first-order chi connectivity index (χ1) is 9.26. The molecule has 0 fully saturated rings. The Kier molecular flexibility index (Phi) is 5.82. The van der Waals surface area contributed by atoms with Gasteiger partial charge >= 0.3 is 12.2 Å². The molecule has 0 aliphatic heterocycles. The normalized spacial score (nSPS) is 11.5. The number of rotatable bonds is 5. The molecule has 1 rings (SSSR count). The average molecular weight is 289 g/mol. The Morgan fingerprint density at radius 3 is 2.45 bits per heavy atom. The van der Waals surface area contributed by atoms with Crippen LogP contribution in [-0.2, 0) is 13.1 Å². The number of carbonyl (C=O) groups excluding carboxylic acids is 1. The summed E-state index contributed by atoms with van der Waals surface area (Å²) in [6.45, 7) is -0.390. The summed E-state index contributed by atoms with van der Waals surface area (Å²) in [6, 6.07) is 6.68. The Labute approximate surface area is 116 Å².